The van der Waals surface area contributed by atoms with Gasteiger partial charge in [0, 0.05) is 16.1 Å². The van der Waals surface area contributed by atoms with E-state index in [1.807, 2.05) is 49.4 Å². The number of nitrogens with one attached hydrogen (secondary N) is 2. The van der Waals surface area contributed by atoms with Gasteiger partial charge in [0.2, 0.25) is 0 Å². The second kappa shape index (κ2) is 8.12. The highest BCUT2D eigenvalue weighted by Gasteiger charge is 2.17. The predicted molar refractivity (Wildman–Crippen MR) is 103 cm³/mol. The van der Waals surface area contributed by atoms with Crippen molar-refractivity contribution in [1.29, 1.82) is 0 Å². The minimum atomic E-state index is -0.107. The first-order valence-electron chi connectivity index (χ1n) is 8.27. The maximum atomic E-state index is 12.6. The van der Waals surface area contributed by atoms with Crippen molar-refractivity contribution in [3.05, 3.63) is 76.4 Å². The third kappa shape index (κ3) is 4.57. The summed E-state index contributed by atoms with van der Waals surface area (Å²) >= 11 is 3.46. The zero-order valence-corrected chi connectivity index (χ0v) is 15.6. The quantitative estimate of drug-likeness (QED) is 0.638. The topological polar surface area (TPSA) is 57.8 Å². The standard InChI is InChI=1S/C20H20BrN3O/c1-14(10-11-15-6-3-2-4-7-15)23-20(25)18-13-22-24-19(18)16-8-5-9-17(21)12-16/h2-9,12-14H,10-11H2,1H3,(H,22,24)(H,23,25)/t14-/m1/s1. The number of benzene rings is 2. The third-order valence-electron chi connectivity index (χ3n) is 4.08. The van der Waals surface area contributed by atoms with E-state index in [9.17, 15) is 4.79 Å². The summed E-state index contributed by atoms with van der Waals surface area (Å²) in [6, 6.07) is 18.2. The number of halogens is 1. The van der Waals surface area contributed by atoms with Gasteiger partial charge in [0.25, 0.3) is 5.91 Å². The molecular weight excluding hydrogens is 378 g/mol. The molecule has 5 heteroatoms. The monoisotopic (exact) mass is 397 g/mol. The van der Waals surface area contributed by atoms with E-state index < -0.39 is 0 Å². The Morgan fingerprint density at radius 1 is 1.20 bits per heavy atom. The summed E-state index contributed by atoms with van der Waals surface area (Å²) in [7, 11) is 0. The lowest BCUT2D eigenvalue weighted by atomic mass is 10.0. The molecule has 0 fully saturated rings. The Bertz CT molecular complexity index is 845. The average Bonchev–Trinajstić information content (AvgIpc) is 3.11. The molecule has 3 aromatic rings. The molecule has 0 aliphatic heterocycles. The second-order valence-corrected chi connectivity index (χ2v) is 6.98. The van der Waals surface area contributed by atoms with Crippen molar-refractivity contribution in [1.82, 2.24) is 15.5 Å². The molecule has 0 radical (unpaired) electrons. The number of aromatic amines is 1. The van der Waals surface area contributed by atoms with Gasteiger partial charge in [-0.05, 0) is 37.5 Å². The largest absolute Gasteiger partial charge is 0.349 e. The van der Waals surface area contributed by atoms with Crippen LogP contribution in [0, 0.1) is 0 Å². The number of hydrogen-bond acceptors (Lipinski definition) is 2. The van der Waals surface area contributed by atoms with E-state index in [4.69, 9.17) is 0 Å². The van der Waals surface area contributed by atoms with Crippen molar-refractivity contribution >= 4 is 21.8 Å². The van der Waals surface area contributed by atoms with Gasteiger partial charge in [0.15, 0.2) is 0 Å². The molecule has 1 aromatic heterocycles. The van der Waals surface area contributed by atoms with Crippen LogP contribution >= 0.6 is 15.9 Å². The number of nitrogens with zero attached hydrogens (tertiary/aromatic N) is 1. The highest BCUT2D eigenvalue weighted by atomic mass is 79.9. The fraction of sp³-hybridized carbons (Fsp3) is 0.200. The van der Waals surface area contributed by atoms with Gasteiger partial charge in [0.05, 0.1) is 17.5 Å². The number of carbonyl (C=O) groups is 1. The minimum absolute atomic E-state index is 0.0814. The summed E-state index contributed by atoms with van der Waals surface area (Å²) in [5.74, 6) is -0.107. The number of carbonyl (C=O) groups excluding carboxylic acids is 1. The van der Waals surface area contributed by atoms with Gasteiger partial charge < -0.3 is 5.32 Å². The van der Waals surface area contributed by atoms with E-state index in [1.165, 1.54) is 5.56 Å². The molecule has 0 bridgehead atoms. The van der Waals surface area contributed by atoms with Crippen molar-refractivity contribution in [3.8, 4) is 11.3 Å². The van der Waals surface area contributed by atoms with Gasteiger partial charge in [0.1, 0.15) is 0 Å². The Labute approximate surface area is 155 Å². The Morgan fingerprint density at radius 2 is 2.00 bits per heavy atom. The van der Waals surface area contributed by atoms with E-state index in [0.717, 1.165) is 28.6 Å². The molecule has 2 aromatic carbocycles. The first kappa shape index (κ1) is 17.4. The van der Waals surface area contributed by atoms with E-state index in [0.29, 0.717) is 5.56 Å². The van der Waals surface area contributed by atoms with Crippen molar-refractivity contribution in [2.24, 2.45) is 0 Å². The molecule has 0 saturated carbocycles. The Balaban J connectivity index is 1.65. The lowest BCUT2D eigenvalue weighted by Crippen LogP contribution is -2.33. The zero-order valence-electron chi connectivity index (χ0n) is 14.0. The fourth-order valence-corrected chi connectivity index (χ4v) is 3.12. The number of H-pyrrole nitrogens is 1. The fourth-order valence-electron chi connectivity index (χ4n) is 2.72. The maximum absolute atomic E-state index is 12.6. The van der Waals surface area contributed by atoms with Crippen LogP contribution in [-0.4, -0.2) is 22.1 Å². The summed E-state index contributed by atoms with van der Waals surface area (Å²) in [5.41, 5.74) is 3.49. The van der Waals surface area contributed by atoms with E-state index >= 15 is 0 Å². The van der Waals surface area contributed by atoms with E-state index in [1.54, 1.807) is 6.20 Å². The molecule has 1 amide bonds. The number of aromatic nitrogens is 2. The van der Waals surface area contributed by atoms with Gasteiger partial charge >= 0.3 is 0 Å². The van der Waals surface area contributed by atoms with Gasteiger partial charge in [-0.1, -0.05) is 58.4 Å². The van der Waals surface area contributed by atoms with Crippen LogP contribution in [0.25, 0.3) is 11.3 Å². The third-order valence-corrected chi connectivity index (χ3v) is 4.58. The maximum Gasteiger partial charge on any atom is 0.255 e. The normalized spacial score (nSPS) is 11.9. The molecule has 1 atom stereocenters. The molecule has 0 spiro atoms. The van der Waals surface area contributed by atoms with Crippen LogP contribution in [0.15, 0.2) is 65.3 Å². The molecule has 2 N–H and O–H groups in total. The van der Waals surface area contributed by atoms with Crippen molar-refractivity contribution < 1.29 is 4.79 Å². The Kier molecular flexibility index (Phi) is 5.66. The van der Waals surface area contributed by atoms with Gasteiger partial charge in [-0.15, -0.1) is 0 Å². The van der Waals surface area contributed by atoms with Crippen LogP contribution in [0.4, 0.5) is 0 Å². The predicted octanol–water partition coefficient (Wildman–Crippen LogP) is 4.59. The summed E-state index contributed by atoms with van der Waals surface area (Å²) in [6.45, 7) is 2.03. The van der Waals surface area contributed by atoms with Crippen LogP contribution in [0.2, 0.25) is 0 Å². The molecule has 25 heavy (non-hydrogen) atoms. The smallest absolute Gasteiger partial charge is 0.255 e. The lowest BCUT2D eigenvalue weighted by Gasteiger charge is -2.14. The van der Waals surface area contributed by atoms with Crippen molar-refractivity contribution in [2.75, 3.05) is 0 Å². The summed E-state index contributed by atoms with van der Waals surface area (Å²) in [5, 5.41) is 10.0. The van der Waals surface area contributed by atoms with Gasteiger partial charge in [-0.2, -0.15) is 5.10 Å². The van der Waals surface area contributed by atoms with Crippen molar-refractivity contribution in [3.63, 3.8) is 0 Å². The molecule has 4 nitrogen and oxygen atoms in total. The van der Waals surface area contributed by atoms with Crippen LogP contribution in [0.3, 0.4) is 0 Å². The molecule has 0 saturated heterocycles. The van der Waals surface area contributed by atoms with Crippen LogP contribution in [0.1, 0.15) is 29.3 Å². The van der Waals surface area contributed by atoms with Gasteiger partial charge in [-0.25, -0.2) is 0 Å². The highest BCUT2D eigenvalue weighted by molar-refractivity contribution is 9.10. The summed E-state index contributed by atoms with van der Waals surface area (Å²) < 4.78 is 0.960. The molecule has 128 valence electrons. The first-order chi connectivity index (χ1) is 12.1. The van der Waals surface area contributed by atoms with E-state index in [-0.39, 0.29) is 11.9 Å². The van der Waals surface area contributed by atoms with E-state index in [2.05, 4.69) is 43.6 Å². The second-order valence-electron chi connectivity index (χ2n) is 6.07. The Hall–Kier alpha value is -2.40. The highest BCUT2D eigenvalue weighted by Crippen LogP contribution is 2.24. The number of rotatable bonds is 6. The zero-order chi connectivity index (χ0) is 17.6. The molecule has 0 unspecified atom stereocenters. The van der Waals surface area contributed by atoms with Gasteiger partial charge in [-0.3, -0.25) is 9.89 Å². The summed E-state index contributed by atoms with van der Waals surface area (Å²) in [4.78, 5) is 12.6. The first-order valence-corrected chi connectivity index (χ1v) is 9.07. The Morgan fingerprint density at radius 3 is 2.76 bits per heavy atom. The van der Waals surface area contributed by atoms with Crippen LogP contribution < -0.4 is 5.32 Å². The number of amides is 1. The lowest BCUT2D eigenvalue weighted by molar-refractivity contribution is 0.0939. The SMILES string of the molecule is C[C@H](CCc1ccccc1)NC(=O)c1cn[nH]c1-c1cccc(Br)c1. The van der Waals surface area contributed by atoms with Crippen LogP contribution in [0.5, 0.6) is 0 Å². The minimum Gasteiger partial charge on any atom is -0.349 e. The number of hydrogen-bond donors (Lipinski definition) is 2. The molecule has 0 aliphatic rings. The summed E-state index contributed by atoms with van der Waals surface area (Å²) in [6.07, 6.45) is 3.40. The molecule has 3 rings (SSSR count). The average molecular weight is 398 g/mol. The van der Waals surface area contributed by atoms with Crippen molar-refractivity contribution in [2.45, 2.75) is 25.8 Å². The molecular formula is C20H20BrN3O. The van der Waals surface area contributed by atoms with Crippen LogP contribution in [-0.2, 0) is 6.42 Å². The molecule has 0 aliphatic carbocycles. The molecule has 1 heterocycles. The number of aryl methyl sites for hydroxylation is 1.